The Hall–Kier alpha value is -1.51. The first-order valence-electron chi connectivity index (χ1n) is 5.76. The van der Waals surface area contributed by atoms with E-state index in [0.717, 1.165) is 18.8 Å². The summed E-state index contributed by atoms with van der Waals surface area (Å²) in [6.07, 6.45) is 0. The van der Waals surface area contributed by atoms with E-state index in [4.69, 9.17) is 0 Å². The van der Waals surface area contributed by atoms with Crippen LogP contribution in [0.15, 0.2) is 18.2 Å². The first-order valence-corrected chi connectivity index (χ1v) is 5.76. The van der Waals surface area contributed by atoms with Gasteiger partial charge in [-0.05, 0) is 30.0 Å². The maximum atomic E-state index is 11.6. The second kappa shape index (κ2) is 4.16. The zero-order valence-corrected chi connectivity index (χ0v) is 10.1. The van der Waals surface area contributed by atoms with Crippen LogP contribution in [0.4, 0.5) is 10.5 Å². The minimum absolute atomic E-state index is 0.0176. The van der Waals surface area contributed by atoms with Crippen LogP contribution in [0.1, 0.15) is 30.9 Å². The van der Waals surface area contributed by atoms with Crippen LogP contribution in [-0.4, -0.2) is 19.1 Å². The molecule has 16 heavy (non-hydrogen) atoms. The molecule has 0 spiro atoms. The summed E-state index contributed by atoms with van der Waals surface area (Å²) in [5, 5.41) is 2.83. The lowest BCUT2D eigenvalue weighted by atomic mass is 9.96. The minimum Gasteiger partial charge on any atom is -0.336 e. The highest BCUT2D eigenvalue weighted by Crippen LogP contribution is 2.28. The van der Waals surface area contributed by atoms with E-state index in [1.807, 2.05) is 17.0 Å². The lowest BCUT2D eigenvalue weighted by Gasteiger charge is -2.20. The van der Waals surface area contributed by atoms with Crippen molar-refractivity contribution in [3.05, 3.63) is 29.3 Å². The fourth-order valence-electron chi connectivity index (χ4n) is 2.26. The third-order valence-corrected chi connectivity index (χ3v) is 3.12. The molecule has 1 aromatic carbocycles. The molecule has 0 saturated carbocycles. The van der Waals surface area contributed by atoms with Crippen molar-refractivity contribution in [1.82, 2.24) is 5.32 Å². The molecule has 86 valence electrons. The van der Waals surface area contributed by atoms with Gasteiger partial charge in [0.05, 0.1) is 0 Å². The molecule has 0 unspecified atom stereocenters. The Morgan fingerprint density at radius 1 is 1.38 bits per heavy atom. The number of rotatable bonds is 2. The number of amides is 2. The molecule has 1 aromatic rings. The molecule has 0 aromatic heterocycles. The molecule has 1 aliphatic heterocycles. The molecule has 1 saturated heterocycles. The number of nitrogens with one attached hydrogen (secondary N) is 1. The van der Waals surface area contributed by atoms with Crippen LogP contribution >= 0.6 is 0 Å². The Morgan fingerprint density at radius 3 is 2.69 bits per heavy atom. The van der Waals surface area contributed by atoms with Gasteiger partial charge in [-0.1, -0.05) is 26.0 Å². The van der Waals surface area contributed by atoms with Gasteiger partial charge in [0.25, 0.3) is 0 Å². The highest BCUT2D eigenvalue weighted by atomic mass is 16.2. The Bertz CT molecular complexity index is 412. The second-order valence-corrected chi connectivity index (χ2v) is 4.53. The van der Waals surface area contributed by atoms with E-state index in [-0.39, 0.29) is 6.03 Å². The van der Waals surface area contributed by atoms with Crippen LogP contribution in [0.25, 0.3) is 0 Å². The summed E-state index contributed by atoms with van der Waals surface area (Å²) in [4.78, 5) is 13.4. The lowest BCUT2D eigenvalue weighted by molar-refractivity contribution is 0.252. The number of nitrogens with zero attached hydrogens (tertiary/aromatic N) is 1. The molecule has 3 nitrogen and oxygen atoms in total. The van der Waals surface area contributed by atoms with Gasteiger partial charge in [0.15, 0.2) is 0 Å². The average molecular weight is 218 g/mol. The van der Waals surface area contributed by atoms with Crippen molar-refractivity contribution in [2.75, 3.05) is 18.0 Å². The van der Waals surface area contributed by atoms with Crippen LogP contribution in [-0.2, 0) is 0 Å². The van der Waals surface area contributed by atoms with Crippen LogP contribution in [0, 0.1) is 6.92 Å². The number of benzene rings is 1. The van der Waals surface area contributed by atoms with E-state index in [1.54, 1.807) is 0 Å². The van der Waals surface area contributed by atoms with Gasteiger partial charge < -0.3 is 5.32 Å². The summed E-state index contributed by atoms with van der Waals surface area (Å²) in [5.74, 6) is 0.491. The van der Waals surface area contributed by atoms with Gasteiger partial charge in [0.2, 0.25) is 0 Å². The monoisotopic (exact) mass is 218 g/mol. The molecule has 1 fully saturated rings. The fourth-order valence-corrected chi connectivity index (χ4v) is 2.26. The molecule has 3 heteroatoms. The van der Waals surface area contributed by atoms with Crippen molar-refractivity contribution in [3.63, 3.8) is 0 Å². The van der Waals surface area contributed by atoms with Crippen molar-refractivity contribution in [2.24, 2.45) is 0 Å². The SMILES string of the molecule is Cc1c(C(C)C)cccc1N1CCNC1=O. The molecule has 2 amide bonds. The molecule has 0 radical (unpaired) electrons. The fraction of sp³-hybridized carbons (Fsp3) is 0.462. The van der Waals surface area contributed by atoms with Crippen molar-refractivity contribution >= 4 is 11.7 Å². The molecule has 0 bridgehead atoms. The third-order valence-electron chi connectivity index (χ3n) is 3.12. The maximum Gasteiger partial charge on any atom is 0.322 e. The van der Waals surface area contributed by atoms with Crippen molar-refractivity contribution < 1.29 is 4.79 Å². The second-order valence-electron chi connectivity index (χ2n) is 4.53. The van der Waals surface area contributed by atoms with Crippen LogP contribution in [0.2, 0.25) is 0 Å². The third kappa shape index (κ3) is 1.77. The maximum absolute atomic E-state index is 11.6. The number of anilines is 1. The van der Waals surface area contributed by atoms with Gasteiger partial charge in [0.1, 0.15) is 0 Å². The molecule has 1 aliphatic rings. The molecular formula is C13H18N2O. The van der Waals surface area contributed by atoms with Crippen LogP contribution < -0.4 is 10.2 Å². The normalized spacial score (nSPS) is 15.8. The molecule has 0 aliphatic carbocycles. The average Bonchev–Trinajstić information content (AvgIpc) is 2.64. The number of urea groups is 1. The minimum atomic E-state index is 0.0176. The van der Waals surface area contributed by atoms with Gasteiger partial charge in [-0.25, -0.2) is 4.79 Å². The lowest BCUT2D eigenvalue weighted by Crippen LogP contribution is -2.28. The van der Waals surface area contributed by atoms with Gasteiger partial charge in [0, 0.05) is 18.8 Å². The highest BCUT2D eigenvalue weighted by molar-refractivity contribution is 5.94. The predicted molar refractivity (Wildman–Crippen MR) is 66.0 cm³/mol. The van der Waals surface area contributed by atoms with Gasteiger partial charge >= 0.3 is 6.03 Å². The Balaban J connectivity index is 2.41. The number of carbonyl (C=O) groups excluding carboxylic acids is 1. The number of carbonyl (C=O) groups is 1. The largest absolute Gasteiger partial charge is 0.336 e. The quantitative estimate of drug-likeness (QED) is 0.813. The predicted octanol–water partition coefficient (Wildman–Crippen LogP) is 2.65. The van der Waals surface area contributed by atoms with E-state index < -0.39 is 0 Å². The van der Waals surface area contributed by atoms with E-state index in [0.29, 0.717) is 5.92 Å². The topological polar surface area (TPSA) is 32.3 Å². The first kappa shape index (κ1) is 11.0. The van der Waals surface area contributed by atoms with E-state index in [2.05, 4.69) is 32.2 Å². The summed E-state index contributed by atoms with van der Waals surface area (Å²) >= 11 is 0. The van der Waals surface area contributed by atoms with Gasteiger partial charge in [-0.2, -0.15) is 0 Å². The number of hydrogen-bond acceptors (Lipinski definition) is 1. The van der Waals surface area contributed by atoms with E-state index >= 15 is 0 Å². The van der Waals surface area contributed by atoms with Crippen molar-refractivity contribution in [3.8, 4) is 0 Å². The summed E-state index contributed by atoms with van der Waals surface area (Å²) < 4.78 is 0. The van der Waals surface area contributed by atoms with Crippen molar-refractivity contribution in [2.45, 2.75) is 26.7 Å². The summed E-state index contributed by atoms with van der Waals surface area (Å²) in [6, 6.07) is 6.20. The Kier molecular flexibility index (Phi) is 2.86. The summed E-state index contributed by atoms with van der Waals surface area (Å²) in [5.41, 5.74) is 3.58. The van der Waals surface area contributed by atoms with Gasteiger partial charge in [-0.15, -0.1) is 0 Å². The van der Waals surface area contributed by atoms with Crippen molar-refractivity contribution in [1.29, 1.82) is 0 Å². The molecule has 0 atom stereocenters. The summed E-state index contributed by atoms with van der Waals surface area (Å²) in [7, 11) is 0. The highest BCUT2D eigenvalue weighted by Gasteiger charge is 2.23. The first-order chi connectivity index (χ1) is 7.61. The molecule has 1 heterocycles. The van der Waals surface area contributed by atoms with Crippen LogP contribution in [0.5, 0.6) is 0 Å². The standard InChI is InChI=1S/C13H18N2O/c1-9(2)11-5-4-6-12(10(11)3)15-8-7-14-13(15)16/h4-6,9H,7-8H2,1-3H3,(H,14,16). The van der Waals surface area contributed by atoms with E-state index in [1.165, 1.54) is 11.1 Å². The molecule has 2 rings (SSSR count). The van der Waals surface area contributed by atoms with E-state index in [9.17, 15) is 4.79 Å². The van der Waals surface area contributed by atoms with Gasteiger partial charge in [-0.3, -0.25) is 4.90 Å². The molecular weight excluding hydrogens is 200 g/mol. The van der Waals surface area contributed by atoms with Crippen LogP contribution in [0.3, 0.4) is 0 Å². The Morgan fingerprint density at radius 2 is 2.12 bits per heavy atom. The molecule has 1 N–H and O–H groups in total. The zero-order valence-electron chi connectivity index (χ0n) is 10.1. The smallest absolute Gasteiger partial charge is 0.322 e. The summed E-state index contributed by atoms with van der Waals surface area (Å²) in [6.45, 7) is 7.95. The number of hydrogen-bond donors (Lipinski definition) is 1. The zero-order chi connectivity index (χ0) is 11.7. The Labute approximate surface area is 96.5 Å².